The van der Waals surface area contributed by atoms with Crippen LogP contribution in [0.2, 0.25) is 0 Å². The van der Waals surface area contributed by atoms with E-state index in [0.717, 1.165) is 59.6 Å². The van der Waals surface area contributed by atoms with Crippen LogP contribution in [-0.4, -0.2) is 31.7 Å². The third kappa shape index (κ3) is 3.19. The highest BCUT2D eigenvalue weighted by Crippen LogP contribution is 2.45. The molecule has 1 amide bonds. The lowest BCUT2D eigenvalue weighted by Crippen LogP contribution is -2.32. The highest BCUT2D eigenvalue weighted by Gasteiger charge is 2.46. The number of nitrogens with zero attached hydrogens (tertiary/aromatic N) is 3. The van der Waals surface area contributed by atoms with E-state index < -0.39 is 17.7 Å². The number of rotatable bonds is 4. The number of nitrogens with one attached hydrogen (secondary N) is 1. The van der Waals surface area contributed by atoms with Crippen LogP contribution in [-0.2, 0) is 9.59 Å². The summed E-state index contributed by atoms with van der Waals surface area (Å²) in [5, 5.41) is 11.9. The van der Waals surface area contributed by atoms with E-state index in [2.05, 4.69) is 15.0 Å². The van der Waals surface area contributed by atoms with Gasteiger partial charge in [-0.05, 0) is 48.7 Å². The average Bonchev–Trinajstić information content (AvgIpc) is 3.45. The van der Waals surface area contributed by atoms with Crippen molar-refractivity contribution >= 4 is 39.3 Å². The highest BCUT2D eigenvalue weighted by molar-refractivity contribution is 6.17. The van der Waals surface area contributed by atoms with Crippen LogP contribution in [0, 0.1) is 5.92 Å². The molecule has 0 saturated heterocycles. The van der Waals surface area contributed by atoms with Gasteiger partial charge in [-0.3, -0.25) is 19.5 Å². The molecule has 0 bridgehead atoms. The summed E-state index contributed by atoms with van der Waals surface area (Å²) < 4.78 is 0. The molecule has 2 aromatic heterocycles. The topological polar surface area (TPSA) is 99.2 Å². The minimum Gasteiger partial charge on any atom is -0.503 e. The molecule has 2 aromatic carbocycles. The second-order valence-corrected chi connectivity index (χ2v) is 9.06. The Morgan fingerprint density at radius 1 is 1.00 bits per heavy atom. The molecular formula is C27H24N4O3. The summed E-state index contributed by atoms with van der Waals surface area (Å²) in [5.74, 6) is -1.32. The van der Waals surface area contributed by atoms with Gasteiger partial charge in [0.2, 0.25) is 0 Å². The number of aromatic amines is 1. The van der Waals surface area contributed by atoms with Crippen LogP contribution in [0.5, 0.6) is 0 Å². The summed E-state index contributed by atoms with van der Waals surface area (Å²) in [6.45, 7) is 0. The number of hydrogen-bond donors (Lipinski definition) is 2. The van der Waals surface area contributed by atoms with Gasteiger partial charge in [0, 0.05) is 23.2 Å². The third-order valence-electron chi connectivity index (χ3n) is 7.11. The van der Waals surface area contributed by atoms with Crippen molar-refractivity contribution in [2.24, 2.45) is 5.92 Å². The Bertz CT molecular complexity index is 1460. The molecule has 2 N–H and O–H groups in total. The van der Waals surface area contributed by atoms with E-state index in [1.54, 1.807) is 18.6 Å². The molecule has 34 heavy (non-hydrogen) atoms. The highest BCUT2D eigenvalue weighted by atomic mass is 16.3. The summed E-state index contributed by atoms with van der Waals surface area (Å²) in [4.78, 5) is 40.7. The number of hydrogen-bond acceptors (Lipinski definition) is 5. The quantitative estimate of drug-likeness (QED) is 0.446. The Hall–Kier alpha value is -4.00. The lowest BCUT2D eigenvalue weighted by Gasteiger charge is -2.29. The number of fused-ring (bicyclic) bond motifs is 2. The van der Waals surface area contributed by atoms with Gasteiger partial charge < -0.3 is 10.1 Å². The molecular weight excluding hydrogens is 428 g/mol. The number of imidazole rings is 1. The van der Waals surface area contributed by atoms with E-state index in [4.69, 9.17) is 0 Å². The first kappa shape index (κ1) is 20.6. The zero-order chi connectivity index (χ0) is 23.2. The number of H-pyrrole nitrogens is 1. The third-order valence-corrected chi connectivity index (χ3v) is 7.11. The number of aliphatic hydroxyl groups excluding tert-OH is 1. The molecule has 0 radical (unpaired) electrons. The van der Waals surface area contributed by atoms with Crippen molar-refractivity contribution in [2.75, 3.05) is 4.90 Å². The number of aliphatic hydroxyl groups is 1. The first-order chi connectivity index (χ1) is 16.6. The average molecular weight is 453 g/mol. The Labute approximate surface area is 196 Å². The van der Waals surface area contributed by atoms with E-state index >= 15 is 0 Å². The van der Waals surface area contributed by atoms with Crippen molar-refractivity contribution in [2.45, 2.75) is 38.1 Å². The number of amides is 1. The van der Waals surface area contributed by atoms with Crippen molar-refractivity contribution < 1.29 is 14.7 Å². The predicted molar refractivity (Wildman–Crippen MR) is 129 cm³/mol. The zero-order valence-corrected chi connectivity index (χ0v) is 18.6. The summed E-state index contributed by atoms with van der Waals surface area (Å²) in [5.41, 5.74) is 3.87. The van der Waals surface area contributed by atoms with Crippen LogP contribution in [0.15, 0.2) is 72.4 Å². The van der Waals surface area contributed by atoms with E-state index in [1.807, 2.05) is 42.5 Å². The number of pyridine rings is 1. The van der Waals surface area contributed by atoms with Crippen LogP contribution >= 0.6 is 0 Å². The van der Waals surface area contributed by atoms with Crippen molar-refractivity contribution in [1.82, 2.24) is 15.0 Å². The van der Waals surface area contributed by atoms with Crippen LogP contribution in [0.25, 0.3) is 21.9 Å². The SMILES string of the molecule is O=C(C1=C(O)C(=O)N(c2ccc3nc[nH]c3c2)C1c1ccnc2ccccc12)C1CCCCC1. The van der Waals surface area contributed by atoms with E-state index in [1.165, 1.54) is 4.90 Å². The molecule has 3 heterocycles. The lowest BCUT2D eigenvalue weighted by atomic mass is 9.81. The van der Waals surface area contributed by atoms with Crippen LogP contribution in [0.3, 0.4) is 0 Å². The molecule has 1 unspecified atom stereocenters. The molecule has 1 atom stereocenters. The second kappa shape index (κ2) is 8.09. The van der Waals surface area contributed by atoms with Gasteiger partial charge in [0.25, 0.3) is 5.91 Å². The van der Waals surface area contributed by atoms with Crippen molar-refractivity contribution in [1.29, 1.82) is 0 Å². The lowest BCUT2D eigenvalue weighted by molar-refractivity contribution is -0.121. The van der Waals surface area contributed by atoms with Crippen LogP contribution < -0.4 is 4.90 Å². The first-order valence-corrected chi connectivity index (χ1v) is 11.7. The molecule has 6 rings (SSSR count). The molecule has 1 saturated carbocycles. The number of carbonyl (C=O) groups excluding carboxylic acids is 2. The van der Waals surface area contributed by atoms with Gasteiger partial charge in [-0.2, -0.15) is 0 Å². The summed E-state index contributed by atoms with van der Waals surface area (Å²) in [6.07, 6.45) is 7.95. The number of benzene rings is 2. The zero-order valence-electron chi connectivity index (χ0n) is 18.6. The van der Waals surface area contributed by atoms with Gasteiger partial charge in [-0.25, -0.2) is 4.98 Å². The van der Waals surface area contributed by atoms with Gasteiger partial charge >= 0.3 is 0 Å². The van der Waals surface area contributed by atoms with Gasteiger partial charge in [-0.1, -0.05) is 37.5 Å². The van der Waals surface area contributed by atoms with Gasteiger partial charge in [0.15, 0.2) is 11.5 Å². The maximum Gasteiger partial charge on any atom is 0.294 e. The van der Waals surface area contributed by atoms with Gasteiger partial charge in [-0.15, -0.1) is 0 Å². The molecule has 0 spiro atoms. The molecule has 7 heteroatoms. The van der Waals surface area contributed by atoms with Crippen molar-refractivity contribution in [3.63, 3.8) is 0 Å². The number of para-hydroxylation sites is 1. The van der Waals surface area contributed by atoms with Crippen molar-refractivity contribution in [3.8, 4) is 0 Å². The number of aromatic nitrogens is 3. The first-order valence-electron chi connectivity index (χ1n) is 11.7. The summed E-state index contributed by atoms with van der Waals surface area (Å²) in [6, 6.07) is 14.2. The van der Waals surface area contributed by atoms with Crippen LogP contribution in [0.4, 0.5) is 5.69 Å². The molecule has 1 fully saturated rings. The predicted octanol–water partition coefficient (Wildman–Crippen LogP) is 5.16. The second-order valence-electron chi connectivity index (χ2n) is 9.06. The molecule has 1 aliphatic carbocycles. The Morgan fingerprint density at radius 2 is 1.82 bits per heavy atom. The maximum atomic E-state index is 13.8. The number of anilines is 1. The standard InChI is InChI=1S/C27H24N4O3/c32-25(16-6-2-1-3-7-16)23-24(19-12-13-28-20-9-5-4-8-18(19)20)31(27(34)26(23)33)17-10-11-21-22(14-17)30-15-29-21/h4-5,8-16,24,33H,1-3,6-7H2,(H,29,30). The largest absolute Gasteiger partial charge is 0.503 e. The number of carbonyl (C=O) groups is 2. The van der Waals surface area contributed by atoms with Gasteiger partial charge in [0.1, 0.15) is 0 Å². The minimum atomic E-state index is -0.741. The number of ketones is 1. The van der Waals surface area contributed by atoms with E-state index in [9.17, 15) is 14.7 Å². The Balaban J connectivity index is 1.55. The van der Waals surface area contributed by atoms with Crippen LogP contribution in [0.1, 0.15) is 43.7 Å². The minimum absolute atomic E-state index is 0.124. The van der Waals surface area contributed by atoms with Gasteiger partial charge in [0.05, 0.1) is 34.5 Å². The monoisotopic (exact) mass is 452 g/mol. The normalized spacial score (nSPS) is 19.5. The Kier molecular flexibility index (Phi) is 4.90. The fourth-order valence-corrected chi connectivity index (χ4v) is 5.43. The van der Waals surface area contributed by atoms with Crippen molar-refractivity contribution in [3.05, 3.63) is 78.0 Å². The number of Topliss-reactive ketones (excluding diaryl/α,β-unsaturated/α-hetero) is 1. The molecule has 4 aromatic rings. The smallest absolute Gasteiger partial charge is 0.294 e. The summed E-state index contributed by atoms with van der Waals surface area (Å²) >= 11 is 0. The maximum absolute atomic E-state index is 13.8. The molecule has 2 aliphatic rings. The fraction of sp³-hybridized carbons (Fsp3) is 0.259. The molecule has 170 valence electrons. The fourth-order valence-electron chi connectivity index (χ4n) is 5.43. The van der Waals surface area contributed by atoms with E-state index in [0.29, 0.717) is 5.69 Å². The molecule has 1 aliphatic heterocycles. The Morgan fingerprint density at radius 3 is 2.68 bits per heavy atom. The van der Waals surface area contributed by atoms with E-state index in [-0.39, 0.29) is 17.3 Å². The summed E-state index contributed by atoms with van der Waals surface area (Å²) in [7, 11) is 0. The molecule has 7 nitrogen and oxygen atoms in total.